The normalized spacial score (nSPS) is 12.6. The van der Waals surface area contributed by atoms with Crippen LogP contribution in [0.3, 0.4) is 0 Å². The molecule has 1 atom stereocenters. The highest BCUT2D eigenvalue weighted by molar-refractivity contribution is 5.78. The zero-order valence-electron chi connectivity index (χ0n) is 9.67. The lowest BCUT2D eigenvalue weighted by Crippen LogP contribution is -2.32. The van der Waals surface area contributed by atoms with Gasteiger partial charge < -0.3 is 10.5 Å². The Labute approximate surface area is 99.2 Å². The van der Waals surface area contributed by atoms with Gasteiger partial charge in [-0.1, -0.05) is 18.2 Å². The second-order valence-corrected chi connectivity index (χ2v) is 3.84. The van der Waals surface area contributed by atoms with Crippen molar-refractivity contribution in [2.45, 2.75) is 19.0 Å². The quantitative estimate of drug-likeness (QED) is 0.797. The first kappa shape index (κ1) is 11.6. The lowest BCUT2D eigenvalue weighted by molar-refractivity contribution is -0.142. The second kappa shape index (κ2) is 4.97. The molecule has 0 fully saturated rings. The number of fused-ring (bicyclic) bond motifs is 1. The third kappa shape index (κ3) is 2.45. The number of para-hydroxylation sites is 1. The summed E-state index contributed by atoms with van der Waals surface area (Å²) in [5.74, 6) is -0.388. The summed E-state index contributed by atoms with van der Waals surface area (Å²) in [6.45, 7) is 0.601. The predicted molar refractivity (Wildman–Crippen MR) is 64.3 cm³/mol. The molecule has 90 valence electrons. The van der Waals surface area contributed by atoms with Gasteiger partial charge in [0.05, 0.1) is 18.8 Å². The number of hydrogen-bond donors (Lipinski definition) is 1. The molecule has 0 aliphatic rings. The first-order valence-electron chi connectivity index (χ1n) is 5.46. The maximum Gasteiger partial charge on any atom is 0.322 e. The average molecular weight is 233 g/mol. The van der Waals surface area contributed by atoms with E-state index in [0.717, 1.165) is 10.9 Å². The van der Waals surface area contributed by atoms with E-state index >= 15 is 0 Å². The summed E-state index contributed by atoms with van der Waals surface area (Å²) >= 11 is 0. The summed E-state index contributed by atoms with van der Waals surface area (Å²) in [5, 5.41) is 5.34. The number of carbonyl (C=O) groups is 1. The van der Waals surface area contributed by atoms with E-state index in [9.17, 15) is 4.79 Å². The molecule has 2 rings (SSSR count). The Kier molecular flexibility index (Phi) is 3.39. The molecule has 0 radical (unpaired) electrons. The third-order valence-corrected chi connectivity index (χ3v) is 2.71. The van der Waals surface area contributed by atoms with Gasteiger partial charge in [-0.15, -0.1) is 0 Å². The van der Waals surface area contributed by atoms with E-state index in [1.165, 1.54) is 7.11 Å². The molecule has 5 heteroatoms. The molecule has 5 nitrogen and oxygen atoms in total. The van der Waals surface area contributed by atoms with Crippen LogP contribution in [0.25, 0.3) is 10.9 Å². The van der Waals surface area contributed by atoms with Crippen molar-refractivity contribution in [2.24, 2.45) is 5.73 Å². The summed E-state index contributed by atoms with van der Waals surface area (Å²) in [6.07, 6.45) is 2.32. The summed E-state index contributed by atoms with van der Waals surface area (Å²) in [5.41, 5.74) is 6.72. The van der Waals surface area contributed by atoms with Crippen molar-refractivity contribution in [3.63, 3.8) is 0 Å². The fourth-order valence-corrected chi connectivity index (χ4v) is 1.73. The highest BCUT2D eigenvalue weighted by atomic mass is 16.5. The zero-order valence-corrected chi connectivity index (χ0v) is 9.67. The van der Waals surface area contributed by atoms with Gasteiger partial charge >= 0.3 is 5.97 Å². The highest BCUT2D eigenvalue weighted by Gasteiger charge is 2.13. The predicted octanol–water partition coefficient (Wildman–Crippen LogP) is 0.927. The Bertz CT molecular complexity index is 521. The Hall–Kier alpha value is -1.88. The molecule has 1 heterocycles. The fraction of sp³-hybridized carbons (Fsp3) is 0.333. The number of methoxy groups -OCH3 is 1. The molecule has 2 N–H and O–H groups in total. The topological polar surface area (TPSA) is 70.1 Å². The van der Waals surface area contributed by atoms with Gasteiger partial charge in [0.1, 0.15) is 6.04 Å². The van der Waals surface area contributed by atoms with Gasteiger partial charge in [0.25, 0.3) is 0 Å². The fourth-order valence-electron chi connectivity index (χ4n) is 1.73. The lowest BCUT2D eigenvalue weighted by Gasteiger charge is -2.09. The Balaban J connectivity index is 2.07. The number of nitrogens with two attached hydrogens (primary N) is 1. The molecule has 0 aliphatic heterocycles. The molecule has 0 bridgehead atoms. The molecule has 0 spiro atoms. The number of rotatable bonds is 4. The van der Waals surface area contributed by atoms with E-state index in [2.05, 4.69) is 9.84 Å². The van der Waals surface area contributed by atoms with Crippen molar-refractivity contribution in [1.82, 2.24) is 9.78 Å². The minimum atomic E-state index is -0.594. The Morgan fingerprint density at radius 2 is 2.29 bits per heavy atom. The molecule has 0 saturated heterocycles. The van der Waals surface area contributed by atoms with Crippen LogP contribution >= 0.6 is 0 Å². The maximum absolute atomic E-state index is 11.2. The van der Waals surface area contributed by atoms with Gasteiger partial charge in [-0.3, -0.25) is 9.48 Å². The van der Waals surface area contributed by atoms with Crippen LogP contribution in [0, 0.1) is 0 Å². The van der Waals surface area contributed by atoms with E-state index < -0.39 is 6.04 Å². The largest absolute Gasteiger partial charge is 0.468 e. The molecule has 0 saturated carbocycles. The number of aromatic nitrogens is 2. The van der Waals surface area contributed by atoms with Crippen LogP contribution in [0.2, 0.25) is 0 Å². The molecule has 1 unspecified atom stereocenters. The first-order chi connectivity index (χ1) is 8.22. The van der Waals surface area contributed by atoms with Crippen molar-refractivity contribution in [3.05, 3.63) is 30.5 Å². The third-order valence-electron chi connectivity index (χ3n) is 2.71. The van der Waals surface area contributed by atoms with Crippen molar-refractivity contribution >= 4 is 16.9 Å². The molecule has 1 aromatic heterocycles. The highest BCUT2D eigenvalue weighted by Crippen LogP contribution is 2.13. The minimum absolute atomic E-state index is 0.388. The minimum Gasteiger partial charge on any atom is -0.468 e. The van der Waals surface area contributed by atoms with Gasteiger partial charge in [-0.2, -0.15) is 5.10 Å². The Morgan fingerprint density at radius 3 is 3.06 bits per heavy atom. The number of nitrogens with zero attached hydrogens (tertiary/aromatic N) is 2. The van der Waals surface area contributed by atoms with Crippen molar-refractivity contribution in [3.8, 4) is 0 Å². The van der Waals surface area contributed by atoms with E-state index in [1.807, 2.05) is 28.9 Å². The SMILES string of the molecule is COC(=O)C(N)CCn1ncc2ccccc21. The van der Waals surface area contributed by atoms with Gasteiger partial charge in [-0.25, -0.2) is 0 Å². The first-order valence-corrected chi connectivity index (χ1v) is 5.46. The van der Waals surface area contributed by atoms with E-state index in [4.69, 9.17) is 5.73 Å². The summed E-state index contributed by atoms with van der Waals surface area (Å²) in [4.78, 5) is 11.2. The number of hydrogen-bond acceptors (Lipinski definition) is 4. The number of esters is 1. The summed E-state index contributed by atoms with van der Waals surface area (Å²) in [7, 11) is 1.34. The summed E-state index contributed by atoms with van der Waals surface area (Å²) in [6, 6.07) is 7.32. The van der Waals surface area contributed by atoms with Gasteiger partial charge in [-0.05, 0) is 12.5 Å². The molecular weight excluding hydrogens is 218 g/mol. The number of ether oxygens (including phenoxy) is 1. The molecular formula is C12H15N3O2. The van der Waals surface area contributed by atoms with Gasteiger partial charge in [0.2, 0.25) is 0 Å². The van der Waals surface area contributed by atoms with Crippen LogP contribution in [-0.4, -0.2) is 28.9 Å². The van der Waals surface area contributed by atoms with Crippen molar-refractivity contribution in [2.75, 3.05) is 7.11 Å². The van der Waals surface area contributed by atoms with Crippen LogP contribution in [-0.2, 0) is 16.1 Å². The van der Waals surface area contributed by atoms with Crippen molar-refractivity contribution < 1.29 is 9.53 Å². The second-order valence-electron chi connectivity index (χ2n) is 3.84. The Morgan fingerprint density at radius 1 is 1.53 bits per heavy atom. The average Bonchev–Trinajstić information content (AvgIpc) is 2.78. The maximum atomic E-state index is 11.2. The van der Waals surface area contributed by atoms with Crippen LogP contribution in [0.1, 0.15) is 6.42 Å². The van der Waals surface area contributed by atoms with Crippen LogP contribution in [0.4, 0.5) is 0 Å². The van der Waals surface area contributed by atoms with Crippen molar-refractivity contribution in [1.29, 1.82) is 0 Å². The number of aryl methyl sites for hydroxylation is 1. The van der Waals surface area contributed by atoms with E-state index in [-0.39, 0.29) is 5.97 Å². The van der Waals surface area contributed by atoms with E-state index in [1.54, 1.807) is 6.20 Å². The van der Waals surface area contributed by atoms with Crippen LogP contribution in [0.5, 0.6) is 0 Å². The molecule has 2 aromatic rings. The molecule has 17 heavy (non-hydrogen) atoms. The van der Waals surface area contributed by atoms with Gasteiger partial charge in [0, 0.05) is 11.9 Å². The number of carbonyl (C=O) groups excluding carboxylic acids is 1. The molecule has 0 amide bonds. The van der Waals surface area contributed by atoms with Crippen LogP contribution in [0.15, 0.2) is 30.5 Å². The molecule has 0 aliphatic carbocycles. The zero-order chi connectivity index (χ0) is 12.3. The molecule has 1 aromatic carbocycles. The van der Waals surface area contributed by atoms with Gasteiger partial charge in [0.15, 0.2) is 0 Å². The number of benzene rings is 1. The standard InChI is InChI=1S/C12H15N3O2/c1-17-12(16)10(13)6-7-15-11-5-3-2-4-9(11)8-14-15/h2-5,8,10H,6-7,13H2,1H3. The summed E-state index contributed by atoms with van der Waals surface area (Å²) < 4.78 is 6.42. The lowest BCUT2D eigenvalue weighted by atomic mass is 10.2. The van der Waals surface area contributed by atoms with Crippen LogP contribution < -0.4 is 5.73 Å². The smallest absolute Gasteiger partial charge is 0.322 e. The monoisotopic (exact) mass is 233 g/mol. The van der Waals surface area contributed by atoms with E-state index in [0.29, 0.717) is 13.0 Å².